The summed E-state index contributed by atoms with van der Waals surface area (Å²) >= 11 is 0. The first-order valence-electron chi connectivity index (χ1n) is 13.0. The highest BCUT2D eigenvalue weighted by Crippen LogP contribution is 2.40. The third kappa shape index (κ3) is 4.52. The van der Waals surface area contributed by atoms with Crippen molar-refractivity contribution in [2.75, 3.05) is 7.05 Å². The highest BCUT2D eigenvalue weighted by Gasteiger charge is 2.33. The second kappa shape index (κ2) is 10.1. The van der Waals surface area contributed by atoms with Gasteiger partial charge in [-0.25, -0.2) is 4.98 Å². The fourth-order valence-electron chi connectivity index (χ4n) is 5.54. The predicted molar refractivity (Wildman–Crippen MR) is 149 cm³/mol. The van der Waals surface area contributed by atoms with Gasteiger partial charge in [-0.3, -0.25) is 14.6 Å². The van der Waals surface area contributed by atoms with Gasteiger partial charge in [-0.2, -0.15) is 0 Å². The molecule has 2 atom stereocenters. The summed E-state index contributed by atoms with van der Waals surface area (Å²) < 4.78 is 2.24. The second-order valence-corrected chi connectivity index (χ2v) is 9.89. The fourth-order valence-corrected chi connectivity index (χ4v) is 5.54. The van der Waals surface area contributed by atoms with E-state index in [1.165, 1.54) is 0 Å². The van der Waals surface area contributed by atoms with E-state index in [4.69, 9.17) is 4.98 Å². The molecule has 1 saturated carbocycles. The van der Waals surface area contributed by atoms with E-state index in [1.807, 2.05) is 60.8 Å². The van der Waals surface area contributed by atoms with Crippen molar-refractivity contribution < 1.29 is 9.59 Å². The molecule has 190 valence electrons. The fraction of sp³-hybridized carbons (Fsp3) is 0.226. The van der Waals surface area contributed by atoms with E-state index in [0.717, 1.165) is 58.0 Å². The molecule has 1 aliphatic carbocycles. The summed E-state index contributed by atoms with van der Waals surface area (Å²) in [6.07, 6.45) is 6.08. The van der Waals surface area contributed by atoms with Gasteiger partial charge in [0.15, 0.2) is 0 Å². The molecule has 0 saturated heterocycles. The van der Waals surface area contributed by atoms with Crippen molar-refractivity contribution in [2.45, 2.75) is 31.8 Å². The number of imidazole rings is 1. The number of carbonyl (C=O) groups is 2. The first-order valence-corrected chi connectivity index (χ1v) is 13.0. The lowest BCUT2D eigenvalue weighted by molar-refractivity contribution is -0.124. The van der Waals surface area contributed by atoms with E-state index >= 15 is 0 Å². The van der Waals surface area contributed by atoms with Gasteiger partial charge in [-0.15, -0.1) is 0 Å². The van der Waals surface area contributed by atoms with Crippen LogP contribution in [-0.4, -0.2) is 33.4 Å². The van der Waals surface area contributed by atoms with Gasteiger partial charge in [0.1, 0.15) is 5.82 Å². The van der Waals surface area contributed by atoms with Crippen molar-refractivity contribution in [3.63, 3.8) is 0 Å². The van der Waals surface area contributed by atoms with Crippen LogP contribution in [0.15, 0.2) is 85.2 Å². The number of nitrogens with one attached hydrogen (secondary N) is 2. The molecule has 5 aromatic rings. The lowest BCUT2D eigenvalue weighted by atomic mass is 10.1. The lowest BCUT2D eigenvalue weighted by Gasteiger charge is -2.18. The van der Waals surface area contributed by atoms with Crippen LogP contribution in [0.3, 0.4) is 0 Å². The maximum absolute atomic E-state index is 13.1. The van der Waals surface area contributed by atoms with Gasteiger partial charge >= 0.3 is 0 Å². The molecule has 2 aromatic heterocycles. The Bertz CT molecular complexity index is 1640. The van der Waals surface area contributed by atoms with Gasteiger partial charge in [0, 0.05) is 54.5 Å². The molecule has 6 rings (SSSR count). The van der Waals surface area contributed by atoms with Crippen molar-refractivity contribution in [1.82, 2.24) is 25.2 Å². The van der Waals surface area contributed by atoms with Crippen LogP contribution in [0.1, 0.15) is 41.2 Å². The summed E-state index contributed by atoms with van der Waals surface area (Å²) in [5.41, 5.74) is 4.37. The maximum atomic E-state index is 13.1. The molecule has 2 heterocycles. The standard InChI is InChI=1S/C31H29N5O2/c1-32-30(37)23-9-11-26(16-23)36-28-17-24(31(38)34-18-20-5-3-2-4-6-20)10-12-27(28)35-29(36)22-7-8-25-19-33-14-13-21(25)15-22/h2-8,10,12-15,17,19,23,26H,9,11,16,18H2,1H3,(H,32,37)(H,34,38)/t23-,26-/m1/s1. The summed E-state index contributed by atoms with van der Waals surface area (Å²) in [6, 6.07) is 23.9. The smallest absolute Gasteiger partial charge is 0.251 e. The van der Waals surface area contributed by atoms with Gasteiger partial charge in [0.2, 0.25) is 5.91 Å². The van der Waals surface area contributed by atoms with Crippen LogP contribution in [-0.2, 0) is 11.3 Å². The van der Waals surface area contributed by atoms with E-state index in [9.17, 15) is 9.59 Å². The van der Waals surface area contributed by atoms with Crippen LogP contribution in [0.4, 0.5) is 0 Å². The monoisotopic (exact) mass is 503 g/mol. The van der Waals surface area contributed by atoms with Crippen molar-refractivity contribution in [1.29, 1.82) is 0 Å². The molecule has 0 unspecified atom stereocenters. The lowest BCUT2D eigenvalue weighted by Crippen LogP contribution is -2.25. The van der Waals surface area contributed by atoms with Crippen LogP contribution in [0, 0.1) is 5.92 Å². The van der Waals surface area contributed by atoms with Crippen LogP contribution < -0.4 is 10.6 Å². The second-order valence-electron chi connectivity index (χ2n) is 9.89. The van der Waals surface area contributed by atoms with E-state index < -0.39 is 0 Å². The van der Waals surface area contributed by atoms with Gasteiger partial charge in [0.25, 0.3) is 5.91 Å². The summed E-state index contributed by atoms with van der Waals surface area (Å²) in [4.78, 5) is 34.8. The molecule has 3 aromatic carbocycles. The molecule has 38 heavy (non-hydrogen) atoms. The number of rotatable bonds is 6. The minimum absolute atomic E-state index is 0.0321. The first-order chi connectivity index (χ1) is 18.6. The molecular weight excluding hydrogens is 474 g/mol. The Hall–Kier alpha value is -4.52. The van der Waals surface area contributed by atoms with Crippen LogP contribution in [0.2, 0.25) is 0 Å². The molecule has 7 heteroatoms. The Kier molecular flexibility index (Phi) is 6.33. The Labute approximate surface area is 220 Å². The Balaban J connectivity index is 1.41. The first kappa shape index (κ1) is 23.9. The molecular formula is C31H29N5O2. The molecule has 0 radical (unpaired) electrons. The molecule has 7 nitrogen and oxygen atoms in total. The molecule has 0 bridgehead atoms. The average molecular weight is 504 g/mol. The third-order valence-corrected chi connectivity index (χ3v) is 7.53. The van der Waals surface area contributed by atoms with E-state index in [1.54, 1.807) is 13.2 Å². The van der Waals surface area contributed by atoms with Crippen molar-refractivity contribution >= 4 is 33.6 Å². The number of benzene rings is 3. The summed E-state index contributed by atoms with van der Waals surface area (Å²) in [7, 11) is 1.69. The van der Waals surface area contributed by atoms with Gasteiger partial charge in [-0.1, -0.05) is 42.5 Å². The van der Waals surface area contributed by atoms with E-state index in [0.29, 0.717) is 12.1 Å². The van der Waals surface area contributed by atoms with Crippen molar-refractivity contribution in [3.05, 3.63) is 96.3 Å². The summed E-state index contributed by atoms with van der Waals surface area (Å²) in [5.74, 6) is 0.772. The molecule has 0 aliphatic heterocycles. The van der Waals surface area contributed by atoms with Crippen molar-refractivity contribution in [3.8, 4) is 11.4 Å². The molecule has 1 aliphatic rings. The average Bonchev–Trinajstić information content (AvgIpc) is 3.60. The highest BCUT2D eigenvalue weighted by molar-refractivity contribution is 5.98. The predicted octanol–water partition coefficient (Wildman–Crippen LogP) is 5.27. The maximum Gasteiger partial charge on any atom is 0.251 e. The SMILES string of the molecule is CNC(=O)[C@@H]1CC[C@@H](n2c(-c3ccc4cnccc4c3)nc3ccc(C(=O)NCc4ccccc4)cc32)C1. The topological polar surface area (TPSA) is 88.9 Å². The van der Waals surface area contributed by atoms with Crippen LogP contribution >= 0.6 is 0 Å². The number of nitrogens with zero attached hydrogens (tertiary/aromatic N) is 3. The number of pyridine rings is 1. The Morgan fingerprint density at radius 1 is 0.974 bits per heavy atom. The zero-order chi connectivity index (χ0) is 26.1. The largest absolute Gasteiger partial charge is 0.359 e. The number of carbonyl (C=O) groups excluding carboxylic acids is 2. The number of fused-ring (bicyclic) bond motifs is 2. The third-order valence-electron chi connectivity index (χ3n) is 7.53. The van der Waals surface area contributed by atoms with Crippen LogP contribution in [0.5, 0.6) is 0 Å². The molecule has 0 spiro atoms. The molecule has 1 fully saturated rings. The van der Waals surface area contributed by atoms with Gasteiger partial charge < -0.3 is 15.2 Å². The zero-order valence-corrected chi connectivity index (χ0v) is 21.2. The minimum Gasteiger partial charge on any atom is -0.359 e. The van der Waals surface area contributed by atoms with E-state index in [-0.39, 0.29) is 23.8 Å². The minimum atomic E-state index is -0.127. The normalized spacial score (nSPS) is 17.1. The quantitative estimate of drug-likeness (QED) is 0.330. The number of aromatic nitrogens is 3. The number of hydrogen-bond donors (Lipinski definition) is 2. The van der Waals surface area contributed by atoms with Crippen LogP contribution in [0.25, 0.3) is 33.2 Å². The van der Waals surface area contributed by atoms with Gasteiger partial charge in [0.05, 0.1) is 11.0 Å². The van der Waals surface area contributed by atoms with Gasteiger partial charge in [-0.05, 0) is 60.5 Å². The Morgan fingerprint density at radius 3 is 2.68 bits per heavy atom. The zero-order valence-electron chi connectivity index (χ0n) is 21.2. The number of amides is 2. The molecule has 2 N–H and O–H groups in total. The van der Waals surface area contributed by atoms with Crippen molar-refractivity contribution in [2.24, 2.45) is 5.92 Å². The molecule has 2 amide bonds. The number of hydrogen-bond acceptors (Lipinski definition) is 4. The van der Waals surface area contributed by atoms with E-state index in [2.05, 4.69) is 38.4 Å². The summed E-state index contributed by atoms with van der Waals surface area (Å²) in [5, 5.41) is 7.99. The summed E-state index contributed by atoms with van der Waals surface area (Å²) in [6.45, 7) is 0.463. The Morgan fingerprint density at radius 2 is 1.84 bits per heavy atom. The highest BCUT2D eigenvalue weighted by atomic mass is 16.2.